The summed E-state index contributed by atoms with van der Waals surface area (Å²) in [6.45, 7) is 7.31. The maximum Gasteiger partial charge on any atom is 0.232 e. The van der Waals surface area contributed by atoms with Gasteiger partial charge in [-0.1, -0.05) is 17.7 Å². The smallest absolute Gasteiger partial charge is 0.232 e. The van der Waals surface area contributed by atoms with Crippen LogP contribution in [0.15, 0.2) is 42.7 Å². The summed E-state index contributed by atoms with van der Waals surface area (Å²) in [5, 5.41) is 26.3. The predicted octanol–water partition coefficient (Wildman–Crippen LogP) is 3.34. The van der Waals surface area contributed by atoms with Crippen molar-refractivity contribution < 1.29 is 19.4 Å². The van der Waals surface area contributed by atoms with E-state index in [0.717, 1.165) is 5.56 Å². The Morgan fingerprint density at radius 2 is 2.08 bits per heavy atom. The molecule has 4 N–H and O–H groups in total. The van der Waals surface area contributed by atoms with Crippen molar-refractivity contribution in [1.82, 2.24) is 20.5 Å². The predicted molar refractivity (Wildman–Crippen MR) is 138 cm³/mol. The first kappa shape index (κ1) is 25.5. The highest BCUT2D eigenvalue weighted by Gasteiger charge is 2.54. The van der Waals surface area contributed by atoms with E-state index in [0.29, 0.717) is 22.8 Å². The van der Waals surface area contributed by atoms with Crippen LogP contribution < -0.4 is 15.4 Å². The molecule has 2 fully saturated rings. The van der Waals surface area contributed by atoms with Gasteiger partial charge in [0, 0.05) is 40.9 Å². The molecule has 1 aromatic heterocycles. The lowest BCUT2D eigenvalue weighted by molar-refractivity contribution is -0.133. The van der Waals surface area contributed by atoms with E-state index in [1.807, 2.05) is 19.9 Å². The van der Waals surface area contributed by atoms with Gasteiger partial charge in [-0.2, -0.15) is 0 Å². The van der Waals surface area contributed by atoms with Gasteiger partial charge in [0.25, 0.3) is 0 Å². The van der Waals surface area contributed by atoms with Gasteiger partial charge in [-0.05, 0) is 69.9 Å². The van der Waals surface area contributed by atoms with E-state index in [9.17, 15) is 14.7 Å². The van der Waals surface area contributed by atoms with Crippen molar-refractivity contribution in [3.63, 3.8) is 0 Å². The summed E-state index contributed by atoms with van der Waals surface area (Å²) in [7, 11) is 0. The third-order valence-electron chi connectivity index (χ3n) is 7.45. The minimum atomic E-state index is -1.00. The van der Waals surface area contributed by atoms with Crippen LogP contribution in [0.4, 0.5) is 0 Å². The zero-order valence-electron chi connectivity index (χ0n) is 21.3. The number of amides is 2. The number of rotatable bonds is 5. The SMILES string of the molecule is CC1(C)CC(=O)N([C@H](c2cccnc2)[C@@H]2C[C@H]2C(=O)N[C@@H]2c3cc(Cl)ccc3OC(C)(C)[C@H]2O)C(=N)N1. The van der Waals surface area contributed by atoms with Crippen molar-refractivity contribution in [2.24, 2.45) is 11.8 Å². The van der Waals surface area contributed by atoms with Crippen LogP contribution in [0.3, 0.4) is 0 Å². The van der Waals surface area contributed by atoms with Gasteiger partial charge in [-0.3, -0.25) is 24.9 Å². The first-order chi connectivity index (χ1) is 17.4. The fourth-order valence-electron chi connectivity index (χ4n) is 5.50. The van der Waals surface area contributed by atoms with E-state index in [2.05, 4.69) is 15.6 Å². The van der Waals surface area contributed by atoms with Gasteiger partial charge < -0.3 is 20.5 Å². The second kappa shape index (κ2) is 8.99. The minimum absolute atomic E-state index is 0.0198. The molecule has 10 heteroatoms. The van der Waals surface area contributed by atoms with Gasteiger partial charge >= 0.3 is 0 Å². The number of carbonyl (C=O) groups is 2. The van der Waals surface area contributed by atoms with Crippen LogP contribution in [-0.2, 0) is 9.59 Å². The van der Waals surface area contributed by atoms with E-state index in [-0.39, 0.29) is 30.1 Å². The summed E-state index contributed by atoms with van der Waals surface area (Å²) >= 11 is 6.22. The molecule has 2 aliphatic heterocycles. The number of aliphatic hydroxyl groups is 1. The Bertz CT molecular complexity index is 1230. The molecule has 5 atom stereocenters. The van der Waals surface area contributed by atoms with Crippen LogP contribution in [0.2, 0.25) is 5.02 Å². The largest absolute Gasteiger partial charge is 0.485 e. The zero-order chi connectivity index (χ0) is 26.7. The molecule has 1 saturated carbocycles. The van der Waals surface area contributed by atoms with E-state index >= 15 is 0 Å². The zero-order valence-corrected chi connectivity index (χ0v) is 22.0. The molecule has 2 aromatic rings. The number of hydrogen-bond donors (Lipinski definition) is 4. The first-order valence-corrected chi connectivity index (χ1v) is 12.8. The summed E-state index contributed by atoms with van der Waals surface area (Å²) in [4.78, 5) is 32.4. The van der Waals surface area contributed by atoms with Gasteiger partial charge in [0.15, 0.2) is 5.96 Å². The number of pyridine rings is 1. The Morgan fingerprint density at radius 1 is 1.32 bits per heavy atom. The maximum atomic E-state index is 13.5. The lowest BCUT2D eigenvalue weighted by atomic mass is 9.86. The third kappa shape index (κ3) is 4.78. The molecule has 0 radical (unpaired) electrons. The standard InChI is InChI=1S/C27H32ClN5O4/c1-26(2)12-20(34)33(25(29)32-26)22(14-6-5-9-30-13-14)16-11-17(16)24(36)31-21-18-10-15(28)7-8-19(18)37-27(3,4)23(21)35/h5-10,13,16-17,21-23,35H,11-12H2,1-4H3,(H2,29,32)(H,31,36)/t16-,17-,21-,22-,23+/m1/s1. The van der Waals surface area contributed by atoms with E-state index in [4.69, 9.17) is 21.7 Å². The van der Waals surface area contributed by atoms with Gasteiger partial charge in [0.1, 0.15) is 17.5 Å². The molecule has 0 bridgehead atoms. The number of fused-ring (bicyclic) bond motifs is 1. The lowest BCUT2D eigenvalue weighted by Gasteiger charge is -2.43. The Labute approximate surface area is 221 Å². The number of ether oxygens (including phenoxy) is 1. The number of halogens is 1. The molecular weight excluding hydrogens is 494 g/mol. The topological polar surface area (TPSA) is 128 Å². The van der Waals surface area contributed by atoms with Crippen molar-refractivity contribution >= 4 is 29.4 Å². The Hall–Kier alpha value is -3.17. The highest BCUT2D eigenvalue weighted by atomic mass is 35.5. The minimum Gasteiger partial charge on any atom is -0.485 e. The highest BCUT2D eigenvalue weighted by molar-refractivity contribution is 6.30. The molecule has 2 amide bonds. The van der Waals surface area contributed by atoms with Crippen LogP contribution in [0.25, 0.3) is 0 Å². The number of hydrogen-bond acceptors (Lipinski definition) is 6. The number of aliphatic hydroxyl groups excluding tert-OH is 1. The molecule has 37 heavy (non-hydrogen) atoms. The van der Waals surface area contributed by atoms with Crippen molar-refractivity contribution in [1.29, 1.82) is 5.41 Å². The number of aromatic nitrogens is 1. The van der Waals surface area contributed by atoms with Crippen molar-refractivity contribution in [2.75, 3.05) is 0 Å². The molecular formula is C27H32ClN5O4. The molecule has 5 rings (SSSR count). The number of carbonyl (C=O) groups excluding carboxylic acids is 2. The normalized spacial score (nSPS) is 28.4. The average molecular weight is 526 g/mol. The molecule has 3 heterocycles. The lowest BCUT2D eigenvalue weighted by Crippen LogP contribution is -2.60. The third-order valence-corrected chi connectivity index (χ3v) is 7.69. The maximum absolute atomic E-state index is 13.5. The van der Waals surface area contributed by atoms with Crippen LogP contribution in [-0.4, -0.2) is 50.0 Å². The van der Waals surface area contributed by atoms with Crippen molar-refractivity contribution in [2.45, 2.75) is 69.9 Å². The molecule has 196 valence electrons. The second-order valence-electron chi connectivity index (χ2n) is 11.4. The van der Waals surface area contributed by atoms with Crippen LogP contribution in [0.1, 0.15) is 63.7 Å². The fourth-order valence-corrected chi connectivity index (χ4v) is 5.68. The van der Waals surface area contributed by atoms with Gasteiger partial charge in [0.05, 0.1) is 12.1 Å². The number of benzene rings is 1. The summed E-state index contributed by atoms with van der Waals surface area (Å²) in [6.07, 6.45) is 3.10. The molecule has 1 aromatic carbocycles. The number of guanidine groups is 1. The van der Waals surface area contributed by atoms with Crippen LogP contribution in [0.5, 0.6) is 5.75 Å². The summed E-state index contributed by atoms with van der Waals surface area (Å²) < 4.78 is 5.97. The Morgan fingerprint density at radius 3 is 2.76 bits per heavy atom. The summed E-state index contributed by atoms with van der Waals surface area (Å²) in [5.41, 5.74) is -0.0568. The summed E-state index contributed by atoms with van der Waals surface area (Å²) in [6, 6.07) is 7.59. The van der Waals surface area contributed by atoms with Crippen molar-refractivity contribution in [3.8, 4) is 5.75 Å². The van der Waals surface area contributed by atoms with Crippen molar-refractivity contribution in [3.05, 3.63) is 58.9 Å². The summed E-state index contributed by atoms with van der Waals surface area (Å²) in [5.74, 6) is -0.422. The molecule has 1 aliphatic carbocycles. The monoisotopic (exact) mass is 525 g/mol. The quantitative estimate of drug-likeness (QED) is 0.474. The van der Waals surface area contributed by atoms with Gasteiger partial charge in [-0.15, -0.1) is 0 Å². The van der Waals surface area contributed by atoms with Crippen LogP contribution >= 0.6 is 11.6 Å². The Balaban J connectivity index is 1.40. The molecule has 1 saturated heterocycles. The van der Waals surface area contributed by atoms with E-state index in [1.54, 1.807) is 50.5 Å². The van der Waals surface area contributed by atoms with E-state index in [1.165, 1.54) is 4.90 Å². The molecule has 3 aliphatic rings. The fraction of sp³-hybridized carbons (Fsp3) is 0.481. The number of nitrogens with one attached hydrogen (secondary N) is 3. The molecule has 0 unspecified atom stereocenters. The number of nitrogens with zero attached hydrogens (tertiary/aromatic N) is 2. The van der Waals surface area contributed by atoms with Crippen LogP contribution in [0, 0.1) is 17.2 Å². The van der Waals surface area contributed by atoms with E-state index < -0.39 is 35.2 Å². The Kier molecular flexibility index (Phi) is 6.19. The average Bonchev–Trinajstić information content (AvgIpc) is 3.60. The first-order valence-electron chi connectivity index (χ1n) is 12.4. The highest BCUT2D eigenvalue weighted by Crippen LogP contribution is 2.51. The second-order valence-corrected chi connectivity index (χ2v) is 11.8. The molecule has 0 spiro atoms. The van der Waals surface area contributed by atoms with Gasteiger partial charge in [0.2, 0.25) is 11.8 Å². The molecule has 9 nitrogen and oxygen atoms in total. The van der Waals surface area contributed by atoms with Gasteiger partial charge in [-0.25, -0.2) is 0 Å².